The third-order valence-corrected chi connectivity index (χ3v) is 7.12. The van der Waals surface area contributed by atoms with E-state index in [1.165, 1.54) is 5.56 Å². The summed E-state index contributed by atoms with van der Waals surface area (Å²) < 4.78 is 28.0. The molecule has 1 fully saturated rings. The van der Waals surface area contributed by atoms with Crippen LogP contribution in [0.1, 0.15) is 11.4 Å². The van der Waals surface area contributed by atoms with Crippen LogP contribution in [0.3, 0.4) is 0 Å². The Balaban J connectivity index is 1.58. The summed E-state index contributed by atoms with van der Waals surface area (Å²) in [6, 6.07) is 15.5. The molecule has 142 valence electrons. The monoisotopic (exact) mass is 384 g/mol. The number of imidazole rings is 1. The van der Waals surface area contributed by atoms with Crippen LogP contribution in [0.25, 0.3) is 11.0 Å². The number of aromatic nitrogens is 2. The van der Waals surface area contributed by atoms with Gasteiger partial charge >= 0.3 is 0 Å². The highest BCUT2D eigenvalue weighted by molar-refractivity contribution is 7.89. The summed E-state index contributed by atoms with van der Waals surface area (Å²) in [5.41, 5.74) is 2.76. The van der Waals surface area contributed by atoms with Crippen molar-refractivity contribution in [1.82, 2.24) is 19.2 Å². The maximum absolute atomic E-state index is 13.2. The molecule has 0 bridgehead atoms. The molecule has 6 nitrogen and oxygen atoms in total. The van der Waals surface area contributed by atoms with Crippen LogP contribution in [-0.2, 0) is 16.4 Å². The highest BCUT2D eigenvalue weighted by atomic mass is 32.2. The van der Waals surface area contributed by atoms with Gasteiger partial charge in [0, 0.05) is 25.7 Å². The minimum absolute atomic E-state index is 0.161. The molecule has 4 rings (SSSR count). The minimum Gasteiger partial charge on any atom is -0.342 e. The lowest BCUT2D eigenvalue weighted by Gasteiger charge is -2.38. The average Bonchev–Trinajstić information content (AvgIpc) is 3.03. The molecular weight excluding hydrogens is 360 g/mol. The van der Waals surface area contributed by atoms with Crippen LogP contribution in [0.4, 0.5) is 0 Å². The van der Waals surface area contributed by atoms with Gasteiger partial charge < -0.3 is 9.88 Å². The summed E-state index contributed by atoms with van der Waals surface area (Å²) in [6.07, 6.45) is 0.835. The zero-order chi connectivity index (χ0) is 19.0. The molecule has 1 saturated heterocycles. The van der Waals surface area contributed by atoms with E-state index in [1.807, 2.05) is 25.1 Å². The van der Waals surface area contributed by atoms with Gasteiger partial charge in [-0.15, -0.1) is 0 Å². The minimum atomic E-state index is -3.53. The molecule has 2 heterocycles. The van der Waals surface area contributed by atoms with Crippen molar-refractivity contribution >= 4 is 21.1 Å². The molecule has 1 N–H and O–H groups in total. The number of aromatic amines is 1. The molecule has 0 spiro atoms. The van der Waals surface area contributed by atoms with E-state index < -0.39 is 10.0 Å². The van der Waals surface area contributed by atoms with Gasteiger partial charge in [-0.25, -0.2) is 13.4 Å². The van der Waals surface area contributed by atoms with Gasteiger partial charge in [-0.1, -0.05) is 30.3 Å². The molecule has 1 atom stereocenters. The molecule has 0 radical (unpaired) electrons. The van der Waals surface area contributed by atoms with Gasteiger partial charge in [0.25, 0.3) is 0 Å². The van der Waals surface area contributed by atoms with Crippen molar-refractivity contribution in [3.63, 3.8) is 0 Å². The van der Waals surface area contributed by atoms with E-state index in [1.54, 1.807) is 22.5 Å². The van der Waals surface area contributed by atoms with Crippen molar-refractivity contribution in [2.24, 2.45) is 0 Å². The topological polar surface area (TPSA) is 69.3 Å². The lowest BCUT2D eigenvalue weighted by Crippen LogP contribution is -2.53. The largest absolute Gasteiger partial charge is 0.342 e. The van der Waals surface area contributed by atoms with E-state index in [-0.39, 0.29) is 6.04 Å². The maximum Gasteiger partial charge on any atom is 0.243 e. The molecule has 1 unspecified atom stereocenters. The number of piperazine rings is 1. The summed E-state index contributed by atoms with van der Waals surface area (Å²) >= 11 is 0. The molecular formula is C20H24N4O2S. The first-order valence-corrected chi connectivity index (χ1v) is 10.6. The van der Waals surface area contributed by atoms with Crippen molar-refractivity contribution in [3.8, 4) is 0 Å². The number of aryl methyl sites for hydroxylation is 1. The lowest BCUT2D eigenvalue weighted by atomic mass is 10.0. The van der Waals surface area contributed by atoms with Crippen LogP contribution in [0.5, 0.6) is 0 Å². The van der Waals surface area contributed by atoms with Gasteiger partial charge in [-0.2, -0.15) is 4.31 Å². The molecule has 1 aliphatic rings. The Kier molecular flexibility index (Phi) is 4.75. The quantitative estimate of drug-likeness (QED) is 0.750. The van der Waals surface area contributed by atoms with Crippen molar-refractivity contribution < 1.29 is 8.42 Å². The van der Waals surface area contributed by atoms with Gasteiger partial charge in [0.2, 0.25) is 10.0 Å². The third-order valence-electron chi connectivity index (χ3n) is 5.26. The number of nitrogens with one attached hydrogen (secondary N) is 1. The molecule has 0 saturated carbocycles. The number of likely N-dealkylation sites (N-methyl/N-ethyl adjacent to an activating group) is 1. The second-order valence-electron chi connectivity index (χ2n) is 7.19. The van der Waals surface area contributed by atoms with Crippen molar-refractivity contribution in [2.75, 3.05) is 26.7 Å². The van der Waals surface area contributed by atoms with Gasteiger partial charge in [-0.05, 0) is 44.2 Å². The Morgan fingerprint density at radius 1 is 1.15 bits per heavy atom. The fourth-order valence-electron chi connectivity index (χ4n) is 3.67. The predicted molar refractivity (Wildman–Crippen MR) is 106 cm³/mol. The van der Waals surface area contributed by atoms with Crippen molar-refractivity contribution in [2.45, 2.75) is 24.3 Å². The Morgan fingerprint density at radius 2 is 1.93 bits per heavy atom. The predicted octanol–water partition coefficient (Wildman–Crippen LogP) is 2.42. The zero-order valence-electron chi connectivity index (χ0n) is 15.6. The summed E-state index contributed by atoms with van der Waals surface area (Å²) in [6.45, 7) is 3.59. The molecule has 1 aromatic heterocycles. The summed E-state index contributed by atoms with van der Waals surface area (Å²) in [4.78, 5) is 10.0. The van der Waals surface area contributed by atoms with Crippen LogP contribution in [-0.4, -0.2) is 60.3 Å². The first-order valence-electron chi connectivity index (χ1n) is 9.14. The summed E-state index contributed by atoms with van der Waals surface area (Å²) in [7, 11) is -1.47. The van der Waals surface area contributed by atoms with E-state index in [2.05, 4.69) is 34.0 Å². The molecule has 1 aliphatic heterocycles. The average molecular weight is 385 g/mol. The highest BCUT2D eigenvalue weighted by Gasteiger charge is 2.33. The van der Waals surface area contributed by atoms with Gasteiger partial charge in [-0.3, -0.25) is 0 Å². The normalized spacial score (nSPS) is 19.6. The van der Waals surface area contributed by atoms with Crippen molar-refractivity contribution in [1.29, 1.82) is 0 Å². The molecule has 7 heteroatoms. The number of sulfonamides is 1. The second-order valence-corrected chi connectivity index (χ2v) is 9.13. The first kappa shape index (κ1) is 18.2. The fourth-order valence-corrected chi connectivity index (χ4v) is 5.16. The summed E-state index contributed by atoms with van der Waals surface area (Å²) in [5.74, 6) is 0.780. The number of H-pyrrole nitrogens is 1. The van der Waals surface area contributed by atoms with Gasteiger partial charge in [0.15, 0.2) is 0 Å². The Hall–Kier alpha value is -2.22. The van der Waals surface area contributed by atoms with Crippen LogP contribution in [0.15, 0.2) is 53.4 Å². The second kappa shape index (κ2) is 7.07. The number of rotatable bonds is 4. The Morgan fingerprint density at radius 3 is 2.70 bits per heavy atom. The number of nitrogens with zero attached hydrogens (tertiary/aromatic N) is 3. The Labute approximate surface area is 159 Å². The number of fused-ring (bicyclic) bond motifs is 1. The lowest BCUT2D eigenvalue weighted by molar-refractivity contribution is 0.147. The number of hydrogen-bond acceptors (Lipinski definition) is 4. The number of benzene rings is 2. The Bertz CT molecular complexity index is 1050. The standard InChI is InChI=1S/C20H24N4O2S/c1-15-21-19-9-8-18(13-20(19)22-15)27(25,26)24-11-10-23(2)17(14-24)12-16-6-4-3-5-7-16/h3-9,13,17H,10-12,14H2,1-2H3,(H,21,22). The molecule has 27 heavy (non-hydrogen) atoms. The highest BCUT2D eigenvalue weighted by Crippen LogP contribution is 2.24. The van der Waals surface area contributed by atoms with Gasteiger partial charge in [0.05, 0.1) is 15.9 Å². The van der Waals surface area contributed by atoms with Crippen molar-refractivity contribution in [3.05, 3.63) is 59.9 Å². The molecule has 0 amide bonds. The van der Waals surface area contributed by atoms with Crippen LogP contribution >= 0.6 is 0 Å². The number of hydrogen-bond donors (Lipinski definition) is 1. The van der Waals surface area contributed by atoms with Crippen LogP contribution in [0, 0.1) is 6.92 Å². The van der Waals surface area contributed by atoms with E-state index in [0.29, 0.717) is 18.0 Å². The fraction of sp³-hybridized carbons (Fsp3) is 0.350. The molecule has 0 aliphatic carbocycles. The van der Waals surface area contributed by atoms with Crippen LogP contribution in [0.2, 0.25) is 0 Å². The van der Waals surface area contributed by atoms with E-state index in [9.17, 15) is 8.42 Å². The first-order chi connectivity index (χ1) is 12.9. The SMILES string of the molecule is Cc1nc2ccc(S(=O)(=O)N3CCN(C)C(Cc4ccccc4)C3)cc2[nH]1. The van der Waals surface area contributed by atoms with E-state index >= 15 is 0 Å². The zero-order valence-corrected chi connectivity index (χ0v) is 16.4. The maximum atomic E-state index is 13.2. The summed E-state index contributed by atoms with van der Waals surface area (Å²) in [5, 5.41) is 0. The third kappa shape index (κ3) is 3.63. The van der Waals surface area contributed by atoms with E-state index in [0.717, 1.165) is 29.8 Å². The van der Waals surface area contributed by atoms with Crippen LogP contribution < -0.4 is 0 Å². The molecule has 3 aromatic rings. The smallest absolute Gasteiger partial charge is 0.243 e. The van der Waals surface area contributed by atoms with Gasteiger partial charge in [0.1, 0.15) is 5.82 Å². The molecule has 2 aromatic carbocycles. The van der Waals surface area contributed by atoms with E-state index in [4.69, 9.17) is 0 Å².